The third-order valence-electron chi connectivity index (χ3n) is 2.19. The lowest BCUT2D eigenvalue weighted by molar-refractivity contribution is -0.119. The summed E-state index contributed by atoms with van der Waals surface area (Å²) in [5, 5.41) is 13.8. The highest BCUT2D eigenvalue weighted by atomic mass is 16.1. The van der Waals surface area contributed by atoms with Crippen LogP contribution in [0.3, 0.4) is 0 Å². The van der Waals surface area contributed by atoms with E-state index < -0.39 is 0 Å². The highest BCUT2D eigenvalue weighted by Gasteiger charge is 2.01. The van der Waals surface area contributed by atoms with E-state index in [1.807, 2.05) is 32.0 Å². The van der Waals surface area contributed by atoms with Gasteiger partial charge in [-0.2, -0.15) is 5.26 Å². The zero-order chi connectivity index (χ0) is 12.0. The molecule has 1 aromatic rings. The molecule has 0 atom stereocenters. The summed E-state index contributed by atoms with van der Waals surface area (Å²) in [6, 6.07) is 7.84. The molecule has 0 bridgehead atoms. The number of hydrogen-bond acceptors (Lipinski definition) is 3. The Bertz CT molecular complexity index is 421. The fraction of sp³-hybridized carbons (Fsp3) is 0.333. The third-order valence-corrected chi connectivity index (χ3v) is 2.19. The van der Waals surface area contributed by atoms with Gasteiger partial charge in [0.1, 0.15) is 6.54 Å². The van der Waals surface area contributed by atoms with E-state index in [-0.39, 0.29) is 19.0 Å². The van der Waals surface area contributed by atoms with Gasteiger partial charge in [0.2, 0.25) is 5.91 Å². The van der Waals surface area contributed by atoms with Gasteiger partial charge in [-0.15, -0.1) is 0 Å². The number of carbonyl (C=O) groups is 1. The van der Waals surface area contributed by atoms with Crippen LogP contribution in [0.2, 0.25) is 0 Å². The van der Waals surface area contributed by atoms with E-state index in [4.69, 9.17) is 5.26 Å². The molecule has 1 amide bonds. The smallest absolute Gasteiger partial charge is 0.240 e. The molecule has 0 saturated heterocycles. The number of hydrogen-bond donors (Lipinski definition) is 2. The van der Waals surface area contributed by atoms with Gasteiger partial charge >= 0.3 is 0 Å². The normalized spacial score (nSPS) is 9.31. The average molecular weight is 217 g/mol. The predicted molar refractivity (Wildman–Crippen MR) is 63.0 cm³/mol. The maximum absolute atomic E-state index is 11.2. The highest BCUT2D eigenvalue weighted by molar-refractivity contribution is 5.81. The number of carbonyl (C=O) groups excluding carboxylic acids is 1. The summed E-state index contributed by atoms with van der Waals surface area (Å²) in [4.78, 5) is 11.2. The minimum atomic E-state index is -0.179. The molecule has 0 aliphatic carbocycles. The maximum Gasteiger partial charge on any atom is 0.240 e. The van der Waals surface area contributed by atoms with Crippen LogP contribution in [0.5, 0.6) is 0 Å². The van der Waals surface area contributed by atoms with E-state index in [9.17, 15) is 4.79 Å². The van der Waals surface area contributed by atoms with Crippen LogP contribution >= 0.6 is 0 Å². The van der Waals surface area contributed by atoms with E-state index in [1.165, 1.54) is 5.56 Å². The fourth-order valence-corrected chi connectivity index (χ4v) is 1.39. The summed E-state index contributed by atoms with van der Waals surface area (Å²) in [5.74, 6) is -0.179. The summed E-state index contributed by atoms with van der Waals surface area (Å²) in [6.07, 6.45) is 0. The molecule has 16 heavy (non-hydrogen) atoms. The Labute approximate surface area is 95.3 Å². The molecule has 0 aliphatic rings. The lowest BCUT2D eigenvalue weighted by Gasteiger charge is -2.09. The van der Waals surface area contributed by atoms with Crippen LogP contribution < -0.4 is 10.6 Å². The number of nitrogens with one attached hydrogen (secondary N) is 2. The number of amides is 1. The molecule has 0 aromatic heterocycles. The van der Waals surface area contributed by atoms with Crippen molar-refractivity contribution < 1.29 is 4.79 Å². The van der Waals surface area contributed by atoms with E-state index in [0.29, 0.717) is 0 Å². The molecule has 4 nitrogen and oxygen atoms in total. The van der Waals surface area contributed by atoms with Crippen LogP contribution in [0.15, 0.2) is 18.2 Å². The molecule has 84 valence electrons. The second-order valence-corrected chi connectivity index (χ2v) is 3.61. The van der Waals surface area contributed by atoms with E-state index in [2.05, 4.69) is 16.7 Å². The third kappa shape index (κ3) is 3.62. The van der Waals surface area contributed by atoms with Gasteiger partial charge in [-0.25, -0.2) is 0 Å². The number of rotatable bonds is 4. The quantitative estimate of drug-likeness (QED) is 0.748. The molecular formula is C12H15N3O. The molecule has 0 spiro atoms. The van der Waals surface area contributed by atoms with Crippen LogP contribution in [-0.2, 0) is 4.79 Å². The average Bonchev–Trinajstić information content (AvgIpc) is 2.25. The van der Waals surface area contributed by atoms with E-state index >= 15 is 0 Å². The highest BCUT2D eigenvalue weighted by Crippen LogP contribution is 2.15. The van der Waals surface area contributed by atoms with Gasteiger partial charge in [-0.3, -0.25) is 4.79 Å². The topological polar surface area (TPSA) is 64.9 Å². The van der Waals surface area contributed by atoms with E-state index in [1.54, 1.807) is 0 Å². The minimum Gasteiger partial charge on any atom is -0.376 e. The minimum absolute atomic E-state index is 0.0490. The van der Waals surface area contributed by atoms with Crippen molar-refractivity contribution in [1.82, 2.24) is 5.32 Å². The predicted octanol–water partition coefficient (Wildman–Crippen LogP) is 1.36. The second-order valence-electron chi connectivity index (χ2n) is 3.61. The molecule has 0 saturated carbocycles. The Balaban J connectivity index is 2.49. The fourth-order valence-electron chi connectivity index (χ4n) is 1.39. The summed E-state index contributed by atoms with van der Waals surface area (Å²) >= 11 is 0. The number of aryl methyl sites for hydroxylation is 2. The molecule has 0 unspecified atom stereocenters. The monoisotopic (exact) mass is 217 g/mol. The SMILES string of the molecule is Cc1ccc(NCC(=O)NCC#N)c(C)c1. The Morgan fingerprint density at radius 3 is 2.81 bits per heavy atom. The zero-order valence-electron chi connectivity index (χ0n) is 9.50. The molecule has 1 rings (SSSR count). The van der Waals surface area contributed by atoms with Crippen molar-refractivity contribution in [3.63, 3.8) is 0 Å². The van der Waals surface area contributed by atoms with Gasteiger partial charge in [0.25, 0.3) is 0 Å². The second kappa shape index (κ2) is 5.76. The van der Waals surface area contributed by atoms with Crippen LogP contribution in [0, 0.1) is 25.2 Å². The van der Waals surface area contributed by atoms with Crippen LogP contribution in [0.25, 0.3) is 0 Å². The molecule has 0 radical (unpaired) electrons. The summed E-state index contributed by atoms with van der Waals surface area (Å²) in [7, 11) is 0. The lowest BCUT2D eigenvalue weighted by atomic mass is 10.1. The van der Waals surface area contributed by atoms with Crippen molar-refractivity contribution in [3.8, 4) is 6.07 Å². The summed E-state index contributed by atoms with van der Waals surface area (Å²) in [5.41, 5.74) is 3.24. The number of nitrogens with zero attached hydrogens (tertiary/aromatic N) is 1. The molecule has 0 heterocycles. The summed E-state index contributed by atoms with van der Waals surface area (Å²) < 4.78 is 0. The van der Waals surface area contributed by atoms with Crippen LogP contribution in [0.1, 0.15) is 11.1 Å². The van der Waals surface area contributed by atoms with Crippen molar-refractivity contribution >= 4 is 11.6 Å². The van der Waals surface area contributed by atoms with E-state index in [0.717, 1.165) is 11.3 Å². The van der Waals surface area contributed by atoms with Gasteiger partial charge in [-0.1, -0.05) is 17.7 Å². The first-order valence-electron chi connectivity index (χ1n) is 5.08. The first-order chi connectivity index (χ1) is 7.63. The van der Waals surface area contributed by atoms with Crippen molar-refractivity contribution in [3.05, 3.63) is 29.3 Å². The van der Waals surface area contributed by atoms with Gasteiger partial charge in [0.15, 0.2) is 0 Å². The first kappa shape index (κ1) is 12.1. The van der Waals surface area contributed by atoms with Gasteiger partial charge < -0.3 is 10.6 Å². The lowest BCUT2D eigenvalue weighted by Crippen LogP contribution is -2.30. The molecular weight excluding hydrogens is 202 g/mol. The standard InChI is InChI=1S/C12H15N3O/c1-9-3-4-11(10(2)7-9)15-8-12(16)14-6-5-13/h3-4,7,15H,6,8H2,1-2H3,(H,14,16). The number of nitriles is 1. The number of benzene rings is 1. The first-order valence-corrected chi connectivity index (χ1v) is 5.08. The Morgan fingerprint density at radius 1 is 1.44 bits per heavy atom. The van der Waals surface area contributed by atoms with Crippen molar-refractivity contribution in [2.24, 2.45) is 0 Å². The van der Waals surface area contributed by atoms with Crippen molar-refractivity contribution in [2.45, 2.75) is 13.8 Å². The van der Waals surface area contributed by atoms with Crippen LogP contribution in [0.4, 0.5) is 5.69 Å². The molecule has 4 heteroatoms. The molecule has 1 aromatic carbocycles. The van der Waals surface area contributed by atoms with Gasteiger partial charge in [0, 0.05) is 5.69 Å². The van der Waals surface area contributed by atoms with Gasteiger partial charge in [0.05, 0.1) is 12.6 Å². The Kier molecular flexibility index (Phi) is 4.34. The Hall–Kier alpha value is -2.02. The molecule has 2 N–H and O–H groups in total. The van der Waals surface area contributed by atoms with Gasteiger partial charge in [-0.05, 0) is 25.5 Å². The van der Waals surface area contributed by atoms with Crippen LogP contribution in [-0.4, -0.2) is 19.0 Å². The Morgan fingerprint density at radius 2 is 2.19 bits per heavy atom. The van der Waals surface area contributed by atoms with Crippen molar-refractivity contribution in [2.75, 3.05) is 18.4 Å². The number of anilines is 1. The van der Waals surface area contributed by atoms with Crippen molar-refractivity contribution in [1.29, 1.82) is 5.26 Å². The molecule has 0 fully saturated rings. The summed E-state index contributed by atoms with van der Waals surface area (Å²) in [6.45, 7) is 4.25. The largest absolute Gasteiger partial charge is 0.376 e. The maximum atomic E-state index is 11.2. The zero-order valence-corrected chi connectivity index (χ0v) is 9.50. The molecule has 0 aliphatic heterocycles.